The highest BCUT2D eigenvalue weighted by Crippen LogP contribution is 2.33. The first-order valence-corrected chi connectivity index (χ1v) is 10.9. The van der Waals surface area contributed by atoms with Gasteiger partial charge < -0.3 is 9.64 Å². The van der Waals surface area contributed by atoms with Gasteiger partial charge in [-0.3, -0.25) is 4.79 Å². The van der Waals surface area contributed by atoms with Gasteiger partial charge in [-0.15, -0.1) is 0 Å². The van der Waals surface area contributed by atoms with E-state index in [1.165, 1.54) is 10.6 Å². The lowest BCUT2D eigenvalue weighted by Gasteiger charge is -2.16. The van der Waals surface area contributed by atoms with E-state index in [0.29, 0.717) is 30.1 Å². The largest absolute Gasteiger partial charge is 0.497 e. The molecule has 0 bridgehead atoms. The Kier molecular flexibility index (Phi) is 5.28. The molecule has 1 aliphatic carbocycles. The summed E-state index contributed by atoms with van der Waals surface area (Å²) in [6.45, 7) is 1.39. The van der Waals surface area contributed by atoms with E-state index in [4.69, 9.17) is 4.74 Å². The molecule has 1 amide bonds. The second kappa shape index (κ2) is 8.26. The van der Waals surface area contributed by atoms with Crippen molar-refractivity contribution in [1.82, 2.24) is 19.7 Å². The number of halogens is 1. The Morgan fingerprint density at radius 1 is 1.19 bits per heavy atom. The lowest BCUT2D eigenvalue weighted by atomic mass is 10.0. The Labute approximate surface area is 184 Å². The third kappa shape index (κ3) is 3.92. The van der Waals surface area contributed by atoms with E-state index in [2.05, 4.69) is 10.2 Å². The number of carbonyl (C=O) groups excluding carboxylic acids is 1. The Morgan fingerprint density at radius 2 is 2.00 bits per heavy atom. The average molecular weight is 436 g/mol. The normalized spacial score (nSPS) is 18.2. The molecule has 2 aliphatic rings. The summed E-state index contributed by atoms with van der Waals surface area (Å²) >= 11 is 0. The fourth-order valence-electron chi connectivity index (χ4n) is 4.43. The SMILES string of the molecule is COc1cccc(-c2ccc(-n3c(CC4CCN(C(=O)C5CC5)C4)n[nH]c3=O)c(F)c2)c1. The zero-order chi connectivity index (χ0) is 22.2. The van der Waals surface area contributed by atoms with Crippen LogP contribution in [0.3, 0.4) is 0 Å². The summed E-state index contributed by atoms with van der Waals surface area (Å²) in [7, 11) is 1.58. The van der Waals surface area contributed by atoms with Crippen molar-refractivity contribution in [3.8, 4) is 22.6 Å². The molecule has 1 saturated heterocycles. The van der Waals surface area contributed by atoms with Crippen molar-refractivity contribution in [2.75, 3.05) is 20.2 Å². The van der Waals surface area contributed by atoms with E-state index in [9.17, 15) is 9.59 Å². The summed E-state index contributed by atoms with van der Waals surface area (Å²) in [5.41, 5.74) is 1.19. The van der Waals surface area contributed by atoms with Crippen molar-refractivity contribution in [1.29, 1.82) is 0 Å². The van der Waals surface area contributed by atoms with Gasteiger partial charge in [-0.2, -0.15) is 5.10 Å². The van der Waals surface area contributed by atoms with E-state index in [0.717, 1.165) is 31.4 Å². The van der Waals surface area contributed by atoms with E-state index >= 15 is 4.39 Å². The van der Waals surface area contributed by atoms with Crippen molar-refractivity contribution in [3.63, 3.8) is 0 Å². The minimum atomic E-state index is -0.507. The zero-order valence-corrected chi connectivity index (χ0v) is 17.9. The van der Waals surface area contributed by atoms with Crippen LogP contribution in [0.2, 0.25) is 0 Å². The van der Waals surface area contributed by atoms with Gasteiger partial charge in [0.25, 0.3) is 0 Å². The number of carbonyl (C=O) groups is 1. The van der Waals surface area contributed by atoms with Gasteiger partial charge in [0, 0.05) is 25.4 Å². The summed E-state index contributed by atoms with van der Waals surface area (Å²) in [6, 6.07) is 12.2. The first kappa shape index (κ1) is 20.5. The molecule has 1 aliphatic heterocycles. The number of likely N-dealkylation sites (tertiary alicyclic amines) is 1. The van der Waals surface area contributed by atoms with Gasteiger partial charge in [-0.25, -0.2) is 18.9 Å². The van der Waals surface area contributed by atoms with Crippen LogP contribution < -0.4 is 10.4 Å². The molecule has 1 aromatic heterocycles. The third-order valence-corrected chi connectivity index (χ3v) is 6.33. The molecule has 5 rings (SSSR count). The first-order chi connectivity index (χ1) is 15.5. The number of nitrogens with zero attached hydrogens (tertiary/aromatic N) is 3. The van der Waals surface area contributed by atoms with Crippen molar-refractivity contribution in [3.05, 3.63) is 64.6 Å². The molecule has 2 heterocycles. The molecule has 166 valence electrons. The number of benzene rings is 2. The molecular weight excluding hydrogens is 411 g/mol. The summed E-state index contributed by atoms with van der Waals surface area (Å²) in [6.07, 6.45) is 3.34. The molecule has 7 nitrogen and oxygen atoms in total. The summed E-state index contributed by atoms with van der Waals surface area (Å²) in [4.78, 5) is 26.7. The Balaban J connectivity index is 1.38. The maximum absolute atomic E-state index is 15.1. The molecule has 1 atom stereocenters. The first-order valence-electron chi connectivity index (χ1n) is 10.9. The van der Waals surface area contributed by atoms with Gasteiger partial charge in [0.15, 0.2) is 0 Å². The number of aromatic nitrogens is 3. The minimum Gasteiger partial charge on any atom is -0.497 e. The number of aromatic amines is 1. The molecule has 8 heteroatoms. The van der Waals surface area contributed by atoms with Crippen LogP contribution in [-0.2, 0) is 11.2 Å². The van der Waals surface area contributed by atoms with E-state index in [1.54, 1.807) is 19.2 Å². The highest BCUT2D eigenvalue weighted by molar-refractivity contribution is 5.81. The van der Waals surface area contributed by atoms with Crippen LogP contribution in [0, 0.1) is 17.7 Å². The van der Waals surface area contributed by atoms with Crippen LogP contribution in [0.4, 0.5) is 4.39 Å². The van der Waals surface area contributed by atoms with Crippen molar-refractivity contribution >= 4 is 5.91 Å². The van der Waals surface area contributed by atoms with Gasteiger partial charge in [0.1, 0.15) is 17.4 Å². The summed E-state index contributed by atoms with van der Waals surface area (Å²) in [5, 5.41) is 6.61. The molecule has 0 spiro atoms. The smallest absolute Gasteiger partial charge is 0.348 e. The van der Waals surface area contributed by atoms with Crippen LogP contribution in [-0.4, -0.2) is 45.8 Å². The highest BCUT2D eigenvalue weighted by atomic mass is 19.1. The molecule has 32 heavy (non-hydrogen) atoms. The second-order valence-electron chi connectivity index (χ2n) is 8.60. The molecule has 2 fully saturated rings. The van der Waals surface area contributed by atoms with E-state index in [1.807, 2.05) is 29.2 Å². The number of amides is 1. The molecular formula is C24H25FN4O3. The van der Waals surface area contributed by atoms with E-state index < -0.39 is 11.5 Å². The lowest BCUT2D eigenvalue weighted by molar-refractivity contribution is -0.131. The molecule has 1 unspecified atom stereocenters. The molecule has 3 aromatic rings. The summed E-state index contributed by atoms with van der Waals surface area (Å²) < 4.78 is 21.7. The van der Waals surface area contributed by atoms with Gasteiger partial charge >= 0.3 is 5.69 Å². The molecule has 2 aromatic carbocycles. The number of nitrogens with one attached hydrogen (secondary N) is 1. The van der Waals surface area contributed by atoms with Crippen molar-refractivity contribution in [2.45, 2.75) is 25.7 Å². The maximum atomic E-state index is 15.1. The third-order valence-electron chi connectivity index (χ3n) is 6.33. The summed E-state index contributed by atoms with van der Waals surface area (Å²) in [5.74, 6) is 1.30. The average Bonchev–Trinajstić information content (AvgIpc) is 3.46. The van der Waals surface area contributed by atoms with Crippen LogP contribution in [0.1, 0.15) is 25.1 Å². The van der Waals surface area contributed by atoms with Crippen LogP contribution in [0.15, 0.2) is 47.3 Å². The lowest BCUT2D eigenvalue weighted by Crippen LogP contribution is -2.30. The standard InChI is InChI=1S/C24H25FN4O3/c1-32-19-4-2-3-17(12-19)18-7-8-21(20(25)13-18)29-22(26-27-24(29)31)11-15-9-10-28(14-15)23(30)16-5-6-16/h2-4,7-8,12-13,15-16H,5-6,9-11,14H2,1H3,(H,27,31). The number of rotatable bonds is 6. The quantitative estimate of drug-likeness (QED) is 0.644. The Hall–Kier alpha value is -3.42. The molecule has 0 radical (unpaired) electrons. The molecule has 1 N–H and O–H groups in total. The van der Waals surface area contributed by atoms with Gasteiger partial charge in [-0.05, 0) is 60.6 Å². The van der Waals surface area contributed by atoms with Crippen LogP contribution >= 0.6 is 0 Å². The maximum Gasteiger partial charge on any atom is 0.348 e. The minimum absolute atomic E-state index is 0.161. The van der Waals surface area contributed by atoms with Crippen molar-refractivity contribution in [2.24, 2.45) is 11.8 Å². The number of ether oxygens (including phenoxy) is 1. The highest BCUT2D eigenvalue weighted by Gasteiger charge is 2.37. The number of hydrogen-bond donors (Lipinski definition) is 1. The fourth-order valence-corrected chi connectivity index (χ4v) is 4.43. The molecule has 1 saturated carbocycles. The number of methoxy groups -OCH3 is 1. The van der Waals surface area contributed by atoms with Crippen LogP contribution in [0.5, 0.6) is 5.75 Å². The van der Waals surface area contributed by atoms with E-state index in [-0.39, 0.29) is 23.4 Å². The predicted octanol–water partition coefficient (Wildman–Crippen LogP) is 3.18. The Bertz CT molecular complexity index is 1210. The number of hydrogen-bond acceptors (Lipinski definition) is 4. The van der Waals surface area contributed by atoms with Crippen molar-refractivity contribution < 1.29 is 13.9 Å². The predicted molar refractivity (Wildman–Crippen MR) is 117 cm³/mol. The van der Waals surface area contributed by atoms with Crippen LogP contribution in [0.25, 0.3) is 16.8 Å². The van der Waals surface area contributed by atoms with Gasteiger partial charge in [0.05, 0.1) is 12.8 Å². The second-order valence-corrected chi connectivity index (χ2v) is 8.60. The Morgan fingerprint density at radius 3 is 2.75 bits per heavy atom. The fraction of sp³-hybridized carbons (Fsp3) is 0.375. The monoisotopic (exact) mass is 436 g/mol. The number of H-pyrrole nitrogens is 1. The topological polar surface area (TPSA) is 80.2 Å². The van der Waals surface area contributed by atoms with Gasteiger partial charge in [-0.1, -0.05) is 18.2 Å². The van der Waals surface area contributed by atoms with Gasteiger partial charge in [0.2, 0.25) is 5.91 Å². The zero-order valence-electron chi connectivity index (χ0n) is 17.9.